The summed E-state index contributed by atoms with van der Waals surface area (Å²) < 4.78 is 28.1. The molecule has 0 aromatic heterocycles. The molecular weight excluding hydrogens is 266 g/mol. The lowest BCUT2D eigenvalue weighted by Crippen LogP contribution is -2.43. The number of aliphatic hydroxyl groups is 1. The van der Waals surface area contributed by atoms with E-state index in [0.717, 1.165) is 12.8 Å². The van der Waals surface area contributed by atoms with Crippen LogP contribution in [0.4, 0.5) is 0 Å². The average molecular weight is 291 g/mol. The number of hydrogen-bond acceptors (Lipinski definition) is 4. The molecule has 1 N–H and O–H groups in total. The molecule has 0 radical (unpaired) electrons. The van der Waals surface area contributed by atoms with E-state index in [-0.39, 0.29) is 6.04 Å². The van der Waals surface area contributed by atoms with E-state index in [1.165, 1.54) is 0 Å². The third kappa shape index (κ3) is 3.28. The summed E-state index contributed by atoms with van der Waals surface area (Å²) in [5.74, 6) is 0. The molecule has 0 aromatic rings. The molecule has 0 saturated carbocycles. The van der Waals surface area contributed by atoms with Gasteiger partial charge in [0.2, 0.25) is 0 Å². The molecule has 2 saturated heterocycles. The first kappa shape index (κ1) is 15.2. The highest BCUT2D eigenvalue weighted by molar-refractivity contribution is 7.86. The summed E-state index contributed by atoms with van der Waals surface area (Å²) in [5, 5.41) is 10.1. The quantitative estimate of drug-likeness (QED) is 0.776. The number of nitrogens with zero attached hydrogens (tertiary/aromatic N) is 3. The van der Waals surface area contributed by atoms with Gasteiger partial charge >= 0.3 is 0 Å². The molecule has 0 spiro atoms. The third-order valence-electron chi connectivity index (χ3n) is 4.17. The second-order valence-corrected chi connectivity index (χ2v) is 7.62. The lowest BCUT2D eigenvalue weighted by atomic mass is 10.1. The third-order valence-corrected chi connectivity index (χ3v) is 6.21. The van der Waals surface area contributed by atoms with Crippen LogP contribution in [0.5, 0.6) is 0 Å². The summed E-state index contributed by atoms with van der Waals surface area (Å²) in [6.45, 7) is 2.19. The zero-order valence-corrected chi connectivity index (χ0v) is 12.6. The minimum atomic E-state index is -3.32. The van der Waals surface area contributed by atoms with Gasteiger partial charge in [0.25, 0.3) is 10.2 Å². The van der Waals surface area contributed by atoms with E-state index in [4.69, 9.17) is 0 Å². The highest BCUT2D eigenvalue weighted by Gasteiger charge is 2.35. The van der Waals surface area contributed by atoms with Crippen LogP contribution in [0.3, 0.4) is 0 Å². The first-order valence-corrected chi connectivity index (χ1v) is 8.42. The predicted molar refractivity (Wildman–Crippen MR) is 74.0 cm³/mol. The molecule has 2 aliphatic rings. The van der Waals surface area contributed by atoms with Crippen molar-refractivity contribution in [2.24, 2.45) is 0 Å². The zero-order valence-electron chi connectivity index (χ0n) is 11.8. The molecule has 2 heterocycles. The number of aliphatic hydroxyl groups excluding tert-OH is 1. The second-order valence-electron chi connectivity index (χ2n) is 5.69. The number of likely N-dealkylation sites (N-methyl/N-ethyl adjacent to an activating group) is 1. The minimum Gasteiger partial charge on any atom is -0.391 e. The van der Waals surface area contributed by atoms with Gasteiger partial charge in [-0.1, -0.05) is 0 Å². The molecule has 2 atom stereocenters. The maximum Gasteiger partial charge on any atom is 0.281 e. The molecule has 0 unspecified atom stereocenters. The van der Waals surface area contributed by atoms with Crippen LogP contribution < -0.4 is 0 Å². The summed E-state index contributed by atoms with van der Waals surface area (Å²) >= 11 is 0. The summed E-state index contributed by atoms with van der Waals surface area (Å²) in [5.41, 5.74) is 0. The Bertz CT molecular complexity index is 393. The molecular formula is C12H25N3O3S. The SMILES string of the molecule is CN(C)[C@H]1CCN(S(=O)(=O)N2CCCC2)CC[C@@H]1O. The van der Waals surface area contributed by atoms with Crippen molar-refractivity contribution in [1.82, 2.24) is 13.5 Å². The predicted octanol–water partition coefficient (Wildman–Crippen LogP) is -0.286. The van der Waals surface area contributed by atoms with Crippen LogP contribution in [0.15, 0.2) is 0 Å². The summed E-state index contributed by atoms with van der Waals surface area (Å²) in [7, 11) is 0.538. The van der Waals surface area contributed by atoms with Crippen molar-refractivity contribution in [3.05, 3.63) is 0 Å². The molecule has 6 nitrogen and oxygen atoms in total. The van der Waals surface area contributed by atoms with Crippen molar-refractivity contribution in [3.8, 4) is 0 Å². The highest BCUT2D eigenvalue weighted by atomic mass is 32.2. The molecule has 7 heteroatoms. The Morgan fingerprint density at radius 1 is 1.00 bits per heavy atom. The summed E-state index contributed by atoms with van der Waals surface area (Å²) in [4.78, 5) is 1.98. The molecule has 0 bridgehead atoms. The maximum atomic E-state index is 12.5. The Morgan fingerprint density at radius 2 is 1.53 bits per heavy atom. The lowest BCUT2D eigenvalue weighted by molar-refractivity contribution is 0.0738. The first-order valence-electron chi connectivity index (χ1n) is 7.02. The van der Waals surface area contributed by atoms with E-state index in [1.807, 2.05) is 19.0 Å². The lowest BCUT2D eigenvalue weighted by Gasteiger charge is -2.27. The summed E-state index contributed by atoms with van der Waals surface area (Å²) in [6.07, 6.45) is 2.65. The fourth-order valence-corrected chi connectivity index (χ4v) is 4.68. The van der Waals surface area contributed by atoms with Gasteiger partial charge < -0.3 is 10.0 Å². The Kier molecular flexibility index (Phi) is 4.84. The van der Waals surface area contributed by atoms with Crippen molar-refractivity contribution in [2.45, 2.75) is 37.8 Å². The van der Waals surface area contributed by atoms with Crippen LogP contribution in [-0.2, 0) is 10.2 Å². The second kappa shape index (κ2) is 6.05. The molecule has 2 fully saturated rings. The fraction of sp³-hybridized carbons (Fsp3) is 1.00. The minimum absolute atomic E-state index is 0.0405. The Labute approximate surface area is 116 Å². The van der Waals surface area contributed by atoms with Gasteiger partial charge in [0.15, 0.2) is 0 Å². The van der Waals surface area contributed by atoms with E-state index < -0.39 is 16.3 Å². The van der Waals surface area contributed by atoms with Crippen molar-refractivity contribution >= 4 is 10.2 Å². The van der Waals surface area contributed by atoms with Gasteiger partial charge in [-0.3, -0.25) is 0 Å². The maximum absolute atomic E-state index is 12.5. The molecule has 2 aliphatic heterocycles. The van der Waals surface area contributed by atoms with Crippen LogP contribution >= 0.6 is 0 Å². The van der Waals surface area contributed by atoms with E-state index >= 15 is 0 Å². The Hall–Kier alpha value is -0.210. The van der Waals surface area contributed by atoms with Gasteiger partial charge in [0.05, 0.1) is 6.10 Å². The zero-order chi connectivity index (χ0) is 14.0. The van der Waals surface area contributed by atoms with E-state index in [0.29, 0.717) is 39.0 Å². The summed E-state index contributed by atoms with van der Waals surface area (Å²) in [6, 6.07) is 0.0405. The largest absolute Gasteiger partial charge is 0.391 e. The van der Waals surface area contributed by atoms with Gasteiger partial charge in [-0.15, -0.1) is 0 Å². The van der Waals surface area contributed by atoms with Gasteiger partial charge in [0, 0.05) is 32.2 Å². The number of hydrogen-bond donors (Lipinski definition) is 1. The van der Waals surface area contributed by atoms with Crippen molar-refractivity contribution in [1.29, 1.82) is 0 Å². The van der Waals surface area contributed by atoms with Crippen molar-refractivity contribution in [3.63, 3.8) is 0 Å². The van der Waals surface area contributed by atoms with Gasteiger partial charge in [-0.2, -0.15) is 17.0 Å². The molecule has 2 rings (SSSR count). The molecule has 112 valence electrons. The average Bonchev–Trinajstić information content (AvgIpc) is 2.80. The number of rotatable bonds is 3. The first-order chi connectivity index (χ1) is 8.93. The van der Waals surface area contributed by atoms with Gasteiger partial charge in [0.1, 0.15) is 0 Å². The van der Waals surface area contributed by atoms with Gasteiger partial charge in [-0.05, 0) is 39.8 Å². The molecule has 0 aliphatic carbocycles. The monoisotopic (exact) mass is 291 g/mol. The molecule has 19 heavy (non-hydrogen) atoms. The van der Waals surface area contributed by atoms with E-state index in [1.54, 1.807) is 8.61 Å². The molecule has 0 amide bonds. The standard InChI is InChI=1S/C12H25N3O3S/c1-13(2)11-5-9-15(10-6-12(11)16)19(17,18)14-7-3-4-8-14/h11-12,16H,3-10H2,1-2H3/t11-,12-/m0/s1. The highest BCUT2D eigenvalue weighted by Crippen LogP contribution is 2.22. The normalized spacial score (nSPS) is 31.8. The fourth-order valence-electron chi connectivity index (χ4n) is 2.96. The Balaban J connectivity index is 2.06. The topological polar surface area (TPSA) is 64.1 Å². The van der Waals surface area contributed by atoms with Crippen LogP contribution in [0, 0.1) is 0 Å². The van der Waals surface area contributed by atoms with Crippen LogP contribution in [0.1, 0.15) is 25.7 Å². The van der Waals surface area contributed by atoms with Crippen molar-refractivity contribution in [2.75, 3.05) is 40.3 Å². The molecule has 0 aromatic carbocycles. The Morgan fingerprint density at radius 3 is 2.11 bits per heavy atom. The van der Waals surface area contributed by atoms with Crippen LogP contribution in [0.25, 0.3) is 0 Å². The van der Waals surface area contributed by atoms with E-state index in [2.05, 4.69) is 0 Å². The smallest absolute Gasteiger partial charge is 0.281 e. The van der Waals surface area contributed by atoms with Crippen molar-refractivity contribution < 1.29 is 13.5 Å². The van der Waals surface area contributed by atoms with Crippen LogP contribution in [0.2, 0.25) is 0 Å². The van der Waals surface area contributed by atoms with Gasteiger partial charge in [-0.25, -0.2) is 0 Å². The van der Waals surface area contributed by atoms with E-state index in [9.17, 15) is 13.5 Å². The van der Waals surface area contributed by atoms with Crippen LogP contribution in [-0.4, -0.2) is 79.5 Å².